The van der Waals surface area contributed by atoms with Crippen LogP contribution in [0.15, 0.2) is 18.2 Å². The minimum atomic E-state index is -2.19. The van der Waals surface area contributed by atoms with Gasteiger partial charge in [0.1, 0.15) is 5.75 Å². The first-order valence-electron chi connectivity index (χ1n) is 14.5. The number of fused-ring (bicyclic) bond motifs is 2. The Balaban J connectivity index is 1.99. The summed E-state index contributed by atoms with van der Waals surface area (Å²) < 4.78 is 20.0. The van der Waals surface area contributed by atoms with E-state index in [0.29, 0.717) is 30.9 Å². The van der Waals surface area contributed by atoms with Crippen molar-refractivity contribution in [1.29, 1.82) is 0 Å². The summed E-state index contributed by atoms with van der Waals surface area (Å²) in [4.78, 5) is 16.0. The van der Waals surface area contributed by atoms with Crippen LogP contribution in [0.3, 0.4) is 0 Å². The van der Waals surface area contributed by atoms with E-state index in [1.165, 1.54) is 0 Å². The van der Waals surface area contributed by atoms with Crippen LogP contribution in [0.25, 0.3) is 0 Å². The molecule has 0 saturated carbocycles. The largest absolute Gasteiger partial charge is 0.543 e. The number of ether oxygens (including phenoxy) is 1. The maximum Gasteiger partial charge on any atom is 0.260 e. The van der Waals surface area contributed by atoms with E-state index in [1.54, 1.807) is 0 Å². The van der Waals surface area contributed by atoms with Gasteiger partial charge in [-0.2, -0.15) is 0 Å². The van der Waals surface area contributed by atoms with Crippen LogP contribution >= 0.6 is 0 Å². The quantitative estimate of drug-likeness (QED) is 0.237. The van der Waals surface area contributed by atoms with Gasteiger partial charge in [0.2, 0.25) is 0 Å². The molecular weight excluding hydrogens is 511 g/mol. The second-order valence-corrected chi connectivity index (χ2v) is 23.8. The van der Waals surface area contributed by atoms with Crippen molar-refractivity contribution < 1.29 is 23.5 Å². The van der Waals surface area contributed by atoms with Crippen LogP contribution in [0.5, 0.6) is 5.75 Å². The third-order valence-corrected chi connectivity index (χ3v) is 18.3. The van der Waals surface area contributed by atoms with E-state index >= 15 is 0 Å². The Kier molecular flexibility index (Phi) is 9.07. The van der Waals surface area contributed by atoms with Crippen molar-refractivity contribution in [3.05, 3.63) is 29.3 Å². The first-order valence-corrected chi connectivity index (χ1v) is 20.3. The Bertz CT molecular complexity index is 997. The van der Waals surface area contributed by atoms with E-state index in [9.17, 15) is 9.90 Å². The summed E-state index contributed by atoms with van der Waals surface area (Å²) in [5.74, 6) is 0.549. The van der Waals surface area contributed by atoms with Gasteiger partial charge in [-0.05, 0) is 48.8 Å². The van der Waals surface area contributed by atoms with Crippen molar-refractivity contribution in [1.82, 2.24) is 4.90 Å². The average molecular weight is 564 g/mol. The van der Waals surface area contributed by atoms with Crippen molar-refractivity contribution in [3.63, 3.8) is 0 Å². The zero-order chi connectivity index (χ0) is 28.7. The number of aliphatic hydroxyl groups excluding tert-OH is 1. The monoisotopic (exact) mass is 563 g/mol. The number of benzene rings is 1. The molecule has 2 aliphatic heterocycles. The van der Waals surface area contributed by atoms with Gasteiger partial charge in [-0.1, -0.05) is 79.9 Å². The fourth-order valence-corrected chi connectivity index (χ4v) is 6.97. The molecule has 0 radical (unpaired) electrons. The number of hydrogen-bond donors (Lipinski definition) is 1. The molecule has 0 aliphatic carbocycles. The van der Waals surface area contributed by atoms with Gasteiger partial charge in [0.25, 0.3) is 14.2 Å². The smallest absolute Gasteiger partial charge is 0.260 e. The molecule has 1 fully saturated rings. The zero-order valence-electron chi connectivity index (χ0n) is 25.9. The van der Waals surface area contributed by atoms with Gasteiger partial charge < -0.3 is 23.6 Å². The molecule has 1 aromatic rings. The predicted octanol–water partition coefficient (Wildman–Crippen LogP) is 7.43. The Hall–Kier alpha value is -1.20. The van der Waals surface area contributed by atoms with Gasteiger partial charge in [0, 0.05) is 18.5 Å². The van der Waals surface area contributed by atoms with Crippen molar-refractivity contribution in [2.24, 2.45) is 0 Å². The molecule has 1 saturated heterocycles. The van der Waals surface area contributed by atoms with Crippen LogP contribution < -0.4 is 4.43 Å². The number of rotatable bonds is 10. The molecule has 0 unspecified atom stereocenters. The van der Waals surface area contributed by atoms with Crippen LogP contribution in [-0.4, -0.2) is 57.9 Å². The molecule has 6 nitrogen and oxygen atoms in total. The summed E-state index contributed by atoms with van der Waals surface area (Å²) >= 11 is 0. The summed E-state index contributed by atoms with van der Waals surface area (Å²) in [5, 5.41) is 11.2. The summed E-state index contributed by atoms with van der Waals surface area (Å²) in [7, 11) is -4.18. The van der Waals surface area contributed by atoms with Crippen molar-refractivity contribution in [2.45, 2.75) is 135 Å². The Morgan fingerprint density at radius 1 is 1.05 bits per heavy atom. The van der Waals surface area contributed by atoms with E-state index in [1.807, 2.05) is 23.1 Å². The number of carbonyl (C=O) groups excluding carboxylic acids is 1. The highest BCUT2D eigenvalue weighted by Gasteiger charge is 2.59. The zero-order valence-corrected chi connectivity index (χ0v) is 27.9. The average Bonchev–Trinajstić information content (AvgIpc) is 3.22. The molecule has 38 heavy (non-hydrogen) atoms. The van der Waals surface area contributed by atoms with Gasteiger partial charge >= 0.3 is 0 Å². The van der Waals surface area contributed by atoms with Crippen LogP contribution in [-0.2, 0) is 14.9 Å². The van der Waals surface area contributed by atoms with Crippen LogP contribution in [0.1, 0.15) is 96.5 Å². The minimum Gasteiger partial charge on any atom is -0.543 e. The molecule has 1 amide bonds. The first-order chi connectivity index (χ1) is 17.4. The standard InChI is InChI=1S/C30H53NO5Si2/c1-12-13-14-17-24-23(32)21-30(35-24)22-16-15-18-25(36-38(10,11)29(5,6)7)26(22)27(33)31(30)19-20-34-37(8,9)28(2,3)4/h15-16,18,23-24,32H,12-14,17,19-21H2,1-11H3/t23-,24-,30-/m1/s1. The molecule has 1 aromatic carbocycles. The maximum absolute atomic E-state index is 14.2. The van der Waals surface area contributed by atoms with Gasteiger partial charge in [-0.3, -0.25) is 4.79 Å². The molecule has 2 aliphatic rings. The number of unbranched alkanes of at least 4 members (excludes halogenated alkanes) is 2. The number of carbonyl (C=O) groups is 1. The highest BCUT2D eigenvalue weighted by Crippen LogP contribution is 2.52. The maximum atomic E-state index is 14.2. The van der Waals surface area contributed by atoms with Crippen LogP contribution in [0.4, 0.5) is 0 Å². The lowest BCUT2D eigenvalue weighted by Gasteiger charge is -2.39. The Labute approximate surface area is 233 Å². The number of aliphatic hydroxyl groups is 1. The van der Waals surface area contributed by atoms with E-state index < -0.39 is 28.5 Å². The Morgan fingerprint density at radius 2 is 1.68 bits per heavy atom. The summed E-state index contributed by atoms with van der Waals surface area (Å²) in [6, 6.07) is 5.87. The van der Waals surface area contributed by atoms with E-state index in [-0.39, 0.29) is 22.1 Å². The Morgan fingerprint density at radius 3 is 2.26 bits per heavy atom. The number of hydrogen-bond acceptors (Lipinski definition) is 5. The SMILES string of the molecule is CCCCC[C@H]1O[C@]2(C[C@H]1O)c1cccc(O[Si](C)(C)C(C)(C)C)c1C(=O)N2CCO[Si](C)(C)C(C)(C)C. The summed E-state index contributed by atoms with van der Waals surface area (Å²) in [6.07, 6.45) is 3.44. The molecule has 1 N–H and O–H groups in total. The number of amides is 1. The molecular formula is C30H53NO5Si2. The first kappa shape index (κ1) is 31.3. The molecule has 0 aromatic heterocycles. The highest BCUT2D eigenvalue weighted by atomic mass is 28.4. The molecule has 2 heterocycles. The van der Waals surface area contributed by atoms with Crippen molar-refractivity contribution >= 4 is 22.5 Å². The van der Waals surface area contributed by atoms with Crippen molar-refractivity contribution in [2.75, 3.05) is 13.2 Å². The topological polar surface area (TPSA) is 68.2 Å². The fourth-order valence-electron chi connectivity index (χ4n) is 4.91. The second kappa shape index (κ2) is 11.0. The van der Waals surface area contributed by atoms with E-state index in [0.717, 1.165) is 31.2 Å². The lowest BCUT2D eigenvalue weighted by Crippen LogP contribution is -2.48. The third kappa shape index (κ3) is 5.94. The number of nitrogens with zero attached hydrogens (tertiary/aromatic N) is 1. The molecule has 3 atom stereocenters. The molecule has 3 rings (SSSR count). The molecule has 216 valence electrons. The van der Waals surface area contributed by atoms with Gasteiger partial charge in [0.05, 0.1) is 24.4 Å². The molecule has 8 heteroatoms. The van der Waals surface area contributed by atoms with Crippen molar-refractivity contribution in [3.8, 4) is 5.75 Å². The third-order valence-electron chi connectivity index (χ3n) is 9.45. The lowest BCUT2D eigenvalue weighted by atomic mass is 9.96. The van der Waals surface area contributed by atoms with Gasteiger partial charge in [-0.15, -0.1) is 0 Å². The van der Waals surface area contributed by atoms with Gasteiger partial charge in [0.15, 0.2) is 14.0 Å². The predicted molar refractivity (Wildman–Crippen MR) is 160 cm³/mol. The summed E-state index contributed by atoms with van der Waals surface area (Å²) in [5.41, 5.74) is 0.417. The van der Waals surface area contributed by atoms with Crippen LogP contribution in [0.2, 0.25) is 36.3 Å². The van der Waals surface area contributed by atoms with Crippen LogP contribution in [0, 0.1) is 0 Å². The van der Waals surface area contributed by atoms with Gasteiger partial charge in [-0.25, -0.2) is 0 Å². The van der Waals surface area contributed by atoms with E-state index in [4.69, 9.17) is 13.6 Å². The minimum absolute atomic E-state index is 0.00379. The van der Waals surface area contributed by atoms with E-state index in [2.05, 4.69) is 74.7 Å². The fraction of sp³-hybridized carbons (Fsp3) is 0.767. The normalized spacial score (nSPS) is 24.4. The molecule has 0 bridgehead atoms. The second-order valence-electron chi connectivity index (χ2n) is 14.3. The molecule has 1 spiro atoms. The highest BCUT2D eigenvalue weighted by molar-refractivity contribution is 6.75. The summed E-state index contributed by atoms with van der Waals surface area (Å²) in [6.45, 7) is 25.2. The lowest BCUT2D eigenvalue weighted by molar-refractivity contribution is -0.135.